The lowest BCUT2D eigenvalue weighted by molar-refractivity contribution is -0.139. The van der Waals surface area contributed by atoms with Crippen molar-refractivity contribution in [1.29, 1.82) is 0 Å². The Morgan fingerprint density at radius 3 is 2.29 bits per heavy atom. The van der Waals surface area contributed by atoms with E-state index in [2.05, 4.69) is 0 Å². The summed E-state index contributed by atoms with van der Waals surface area (Å²) in [6.45, 7) is 0. The first-order valence-electron chi connectivity index (χ1n) is 7.70. The van der Waals surface area contributed by atoms with Crippen molar-refractivity contribution in [3.63, 3.8) is 0 Å². The number of rotatable bonds is 4. The fraction of sp³-hybridized carbons (Fsp3) is 0.529. The summed E-state index contributed by atoms with van der Waals surface area (Å²) >= 11 is 0. The number of fused-ring (bicyclic) bond motifs is 2. The molecule has 2 heterocycles. The van der Waals surface area contributed by atoms with Crippen LogP contribution < -0.4 is 0 Å². The predicted molar refractivity (Wildman–Crippen MR) is 78.8 cm³/mol. The average Bonchev–Trinajstić information content (AvgIpc) is 2.71. The van der Waals surface area contributed by atoms with Crippen LogP contribution in [0.15, 0.2) is 30.3 Å². The van der Waals surface area contributed by atoms with Crippen LogP contribution >= 0.6 is 0 Å². The maximum Gasteiger partial charge on any atom is 0.303 e. The van der Waals surface area contributed by atoms with Crippen LogP contribution in [0.1, 0.15) is 37.7 Å². The van der Waals surface area contributed by atoms with Crippen LogP contribution in [0.4, 0.5) is 0 Å². The minimum atomic E-state index is -0.719. The summed E-state index contributed by atoms with van der Waals surface area (Å²) in [7, 11) is 0. The normalized spacial score (nSPS) is 27.6. The minimum absolute atomic E-state index is 0.197. The van der Waals surface area contributed by atoms with Gasteiger partial charge in [-0.15, -0.1) is 0 Å². The maximum atomic E-state index is 12.6. The third-order valence-electron chi connectivity index (χ3n) is 4.78. The van der Waals surface area contributed by atoms with Gasteiger partial charge < -0.3 is 10.0 Å². The molecule has 2 aliphatic rings. The standard InChI is InChI=1S/C17H21NO3/c19-16(10-12-4-2-1-3-5-12)18-14-6-7-15(18)9-13(8-14)11-17(20)21/h1-5,13-15H,6-11H2,(H,20,21). The van der Waals surface area contributed by atoms with E-state index in [0.717, 1.165) is 31.2 Å². The second-order valence-corrected chi connectivity index (χ2v) is 6.28. The fourth-order valence-electron chi connectivity index (χ4n) is 3.97. The van der Waals surface area contributed by atoms with E-state index >= 15 is 0 Å². The molecule has 21 heavy (non-hydrogen) atoms. The molecule has 2 aliphatic heterocycles. The van der Waals surface area contributed by atoms with Gasteiger partial charge in [0.1, 0.15) is 0 Å². The van der Waals surface area contributed by atoms with Crippen molar-refractivity contribution < 1.29 is 14.7 Å². The molecule has 2 unspecified atom stereocenters. The number of carbonyl (C=O) groups is 2. The molecule has 3 rings (SSSR count). The van der Waals surface area contributed by atoms with E-state index in [-0.39, 0.29) is 30.3 Å². The Morgan fingerprint density at radius 1 is 1.10 bits per heavy atom. The molecule has 1 amide bonds. The van der Waals surface area contributed by atoms with Crippen LogP contribution in [-0.2, 0) is 16.0 Å². The van der Waals surface area contributed by atoms with E-state index in [1.165, 1.54) is 0 Å². The molecule has 2 bridgehead atoms. The lowest BCUT2D eigenvalue weighted by Crippen LogP contribution is -2.47. The quantitative estimate of drug-likeness (QED) is 0.925. The summed E-state index contributed by atoms with van der Waals surface area (Å²) in [6, 6.07) is 10.3. The SMILES string of the molecule is O=C(O)CC1CC2CCC(C1)N2C(=O)Cc1ccccc1. The van der Waals surface area contributed by atoms with Gasteiger partial charge >= 0.3 is 5.97 Å². The summed E-state index contributed by atoms with van der Waals surface area (Å²) in [5, 5.41) is 8.95. The van der Waals surface area contributed by atoms with Crippen LogP contribution in [0, 0.1) is 5.92 Å². The molecule has 0 spiro atoms. The third kappa shape index (κ3) is 3.09. The third-order valence-corrected chi connectivity index (χ3v) is 4.78. The summed E-state index contributed by atoms with van der Waals surface area (Å²) < 4.78 is 0. The molecule has 0 saturated carbocycles. The Morgan fingerprint density at radius 2 is 1.71 bits per heavy atom. The molecule has 0 aromatic heterocycles. The zero-order valence-corrected chi connectivity index (χ0v) is 12.1. The molecule has 112 valence electrons. The molecule has 2 atom stereocenters. The molecule has 4 nitrogen and oxygen atoms in total. The lowest BCUT2D eigenvalue weighted by atomic mass is 9.88. The number of hydrogen-bond donors (Lipinski definition) is 1. The first-order valence-corrected chi connectivity index (χ1v) is 7.70. The molecular weight excluding hydrogens is 266 g/mol. The highest BCUT2D eigenvalue weighted by atomic mass is 16.4. The molecule has 0 radical (unpaired) electrons. The Labute approximate surface area is 124 Å². The average molecular weight is 287 g/mol. The number of carboxylic acid groups (broad SMARTS) is 1. The van der Waals surface area contributed by atoms with Crippen LogP contribution in [0.25, 0.3) is 0 Å². The highest BCUT2D eigenvalue weighted by molar-refractivity contribution is 5.80. The van der Waals surface area contributed by atoms with Crippen molar-refractivity contribution in [3.8, 4) is 0 Å². The Hall–Kier alpha value is -1.84. The Balaban J connectivity index is 1.65. The minimum Gasteiger partial charge on any atom is -0.481 e. The van der Waals surface area contributed by atoms with Gasteiger partial charge in [-0.3, -0.25) is 9.59 Å². The number of carboxylic acids is 1. The van der Waals surface area contributed by atoms with Crippen LogP contribution in [0.2, 0.25) is 0 Å². The van der Waals surface area contributed by atoms with Gasteiger partial charge in [0.2, 0.25) is 5.91 Å². The van der Waals surface area contributed by atoms with E-state index in [0.29, 0.717) is 6.42 Å². The second kappa shape index (κ2) is 5.88. The number of hydrogen-bond acceptors (Lipinski definition) is 2. The molecule has 1 aromatic carbocycles. The van der Waals surface area contributed by atoms with Crippen molar-refractivity contribution in [2.24, 2.45) is 5.92 Å². The summed E-state index contributed by atoms with van der Waals surface area (Å²) in [6.07, 6.45) is 4.46. The molecular formula is C17H21NO3. The summed E-state index contributed by atoms with van der Waals surface area (Å²) in [5.41, 5.74) is 1.05. The van der Waals surface area contributed by atoms with Gasteiger partial charge in [0.15, 0.2) is 0 Å². The highest BCUT2D eigenvalue weighted by Crippen LogP contribution is 2.40. The molecule has 4 heteroatoms. The van der Waals surface area contributed by atoms with Crippen LogP contribution in [0.3, 0.4) is 0 Å². The van der Waals surface area contributed by atoms with Crippen LogP contribution in [-0.4, -0.2) is 34.0 Å². The van der Waals surface area contributed by atoms with Gasteiger partial charge in [-0.1, -0.05) is 30.3 Å². The number of benzene rings is 1. The van der Waals surface area contributed by atoms with Gasteiger partial charge in [-0.2, -0.15) is 0 Å². The topological polar surface area (TPSA) is 57.6 Å². The molecule has 2 saturated heterocycles. The number of piperidine rings is 1. The monoisotopic (exact) mass is 287 g/mol. The van der Waals surface area contributed by atoms with Crippen LogP contribution in [0.5, 0.6) is 0 Å². The molecule has 1 N–H and O–H groups in total. The maximum absolute atomic E-state index is 12.6. The summed E-state index contributed by atoms with van der Waals surface area (Å²) in [5.74, 6) is -0.285. The van der Waals surface area contributed by atoms with Gasteiger partial charge in [-0.25, -0.2) is 0 Å². The smallest absolute Gasteiger partial charge is 0.303 e. The lowest BCUT2D eigenvalue weighted by Gasteiger charge is -2.38. The van der Waals surface area contributed by atoms with Crippen molar-refractivity contribution >= 4 is 11.9 Å². The fourth-order valence-corrected chi connectivity index (χ4v) is 3.97. The first-order chi connectivity index (χ1) is 10.1. The molecule has 1 aromatic rings. The van der Waals surface area contributed by atoms with Gasteiger partial charge in [0, 0.05) is 18.5 Å². The Bertz CT molecular complexity index is 514. The molecule has 0 aliphatic carbocycles. The number of nitrogens with zero attached hydrogens (tertiary/aromatic N) is 1. The number of aliphatic carboxylic acids is 1. The van der Waals surface area contributed by atoms with E-state index in [1.807, 2.05) is 35.2 Å². The van der Waals surface area contributed by atoms with Gasteiger partial charge in [0.25, 0.3) is 0 Å². The van der Waals surface area contributed by atoms with Crippen molar-refractivity contribution in [2.75, 3.05) is 0 Å². The van der Waals surface area contributed by atoms with E-state index in [4.69, 9.17) is 5.11 Å². The van der Waals surface area contributed by atoms with Crippen molar-refractivity contribution in [1.82, 2.24) is 4.90 Å². The highest BCUT2D eigenvalue weighted by Gasteiger charge is 2.43. The van der Waals surface area contributed by atoms with E-state index in [9.17, 15) is 9.59 Å². The predicted octanol–water partition coefficient (Wildman–Crippen LogP) is 2.47. The first kappa shape index (κ1) is 14.1. The van der Waals surface area contributed by atoms with Gasteiger partial charge in [0.05, 0.1) is 6.42 Å². The zero-order chi connectivity index (χ0) is 14.8. The Kier molecular flexibility index (Phi) is 3.95. The largest absolute Gasteiger partial charge is 0.481 e. The van der Waals surface area contributed by atoms with Crippen molar-refractivity contribution in [2.45, 2.75) is 50.6 Å². The van der Waals surface area contributed by atoms with Crippen molar-refractivity contribution in [3.05, 3.63) is 35.9 Å². The number of amides is 1. The van der Waals surface area contributed by atoms with Gasteiger partial charge in [-0.05, 0) is 37.2 Å². The zero-order valence-electron chi connectivity index (χ0n) is 12.1. The number of carbonyl (C=O) groups excluding carboxylic acids is 1. The van der Waals surface area contributed by atoms with E-state index in [1.54, 1.807) is 0 Å². The summed E-state index contributed by atoms with van der Waals surface area (Å²) in [4.78, 5) is 25.5. The van der Waals surface area contributed by atoms with E-state index < -0.39 is 5.97 Å². The molecule has 2 fully saturated rings. The second-order valence-electron chi connectivity index (χ2n) is 6.28.